The highest BCUT2D eigenvalue weighted by Gasteiger charge is 2.09. The molecule has 0 radical (unpaired) electrons. The van der Waals surface area contributed by atoms with Crippen molar-refractivity contribution in [1.82, 2.24) is 0 Å². The molecule has 1 aromatic carbocycles. The smallest absolute Gasteiger partial charge is 0.119 e. The summed E-state index contributed by atoms with van der Waals surface area (Å²) in [5, 5.41) is 18.6. The topological polar surface area (TPSA) is 47.6 Å². The molecule has 0 spiro atoms. The van der Waals surface area contributed by atoms with Gasteiger partial charge in [0.15, 0.2) is 0 Å². The van der Waals surface area contributed by atoms with E-state index < -0.39 is 0 Å². The van der Waals surface area contributed by atoms with E-state index in [2.05, 4.69) is 34.7 Å². The second kappa shape index (κ2) is 3.56. The van der Waals surface area contributed by atoms with Gasteiger partial charge in [-0.1, -0.05) is 0 Å². The highest BCUT2D eigenvalue weighted by molar-refractivity contribution is 14.1. The first-order valence-corrected chi connectivity index (χ1v) is 5.68. The number of fused-ring (bicyclic) bond motifs is 1. The number of nitriles is 2. The summed E-state index contributed by atoms with van der Waals surface area (Å²) in [6.07, 6.45) is 0. The lowest BCUT2D eigenvalue weighted by Gasteiger charge is -1.90. The first-order valence-electron chi connectivity index (χ1n) is 3.78. The number of hydrogen-bond acceptors (Lipinski definition) is 3. The van der Waals surface area contributed by atoms with Crippen LogP contribution in [-0.2, 0) is 0 Å². The molecular formula is C10H3IN2S. The van der Waals surface area contributed by atoms with E-state index in [9.17, 15) is 0 Å². The van der Waals surface area contributed by atoms with E-state index in [1.165, 1.54) is 11.3 Å². The van der Waals surface area contributed by atoms with Gasteiger partial charge in [-0.25, -0.2) is 0 Å². The third-order valence-electron chi connectivity index (χ3n) is 1.86. The monoisotopic (exact) mass is 310 g/mol. The molecule has 0 amide bonds. The molecular weight excluding hydrogens is 307 g/mol. The van der Waals surface area contributed by atoms with Crippen molar-refractivity contribution >= 4 is 44.0 Å². The molecule has 0 aliphatic heterocycles. The zero-order valence-electron chi connectivity index (χ0n) is 6.91. The number of rotatable bonds is 0. The van der Waals surface area contributed by atoms with Crippen LogP contribution in [0.5, 0.6) is 0 Å². The predicted octanol–water partition coefficient (Wildman–Crippen LogP) is 3.25. The van der Waals surface area contributed by atoms with Crippen molar-refractivity contribution in [1.29, 1.82) is 10.5 Å². The van der Waals surface area contributed by atoms with Crippen LogP contribution < -0.4 is 0 Å². The zero-order chi connectivity index (χ0) is 10.1. The molecule has 0 aliphatic rings. The summed E-state index contributed by atoms with van der Waals surface area (Å²) in [7, 11) is 0. The van der Waals surface area contributed by atoms with Crippen molar-refractivity contribution in [2.45, 2.75) is 0 Å². The van der Waals surface area contributed by atoms with Gasteiger partial charge in [-0.2, -0.15) is 10.5 Å². The molecule has 0 fully saturated rings. The zero-order valence-corrected chi connectivity index (χ0v) is 9.89. The Labute approximate surface area is 98.5 Å². The van der Waals surface area contributed by atoms with Crippen LogP contribution in [0.25, 0.3) is 10.1 Å². The normalized spacial score (nSPS) is 9.64. The molecule has 0 N–H and O–H groups in total. The van der Waals surface area contributed by atoms with Crippen LogP contribution >= 0.6 is 33.9 Å². The molecule has 1 aromatic heterocycles. The number of thiophene rings is 1. The van der Waals surface area contributed by atoms with Gasteiger partial charge in [-0.15, -0.1) is 11.3 Å². The Bertz CT molecular complexity index is 586. The molecule has 14 heavy (non-hydrogen) atoms. The van der Waals surface area contributed by atoms with Crippen molar-refractivity contribution in [3.05, 3.63) is 32.2 Å². The molecule has 0 unspecified atom stereocenters. The minimum atomic E-state index is 0.637. The molecule has 2 nitrogen and oxygen atoms in total. The van der Waals surface area contributed by atoms with Gasteiger partial charge in [0.2, 0.25) is 0 Å². The second-order valence-corrected chi connectivity index (χ2v) is 4.81. The van der Waals surface area contributed by atoms with Crippen LogP contribution in [0.4, 0.5) is 0 Å². The molecule has 0 saturated heterocycles. The summed E-state index contributed by atoms with van der Waals surface area (Å²) < 4.78 is 2.01. The van der Waals surface area contributed by atoms with Crippen LogP contribution in [0.15, 0.2) is 18.2 Å². The molecule has 66 valence electrons. The summed E-state index contributed by atoms with van der Waals surface area (Å²) in [6, 6.07) is 9.73. The Morgan fingerprint density at radius 2 is 2.00 bits per heavy atom. The fourth-order valence-electron chi connectivity index (χ4n) is 1.21. The maximum atomic E-state index is 8.84. The van der Waals surface area contributed by atoms with Gasteiger partial charge in [-0.3, -0.25) is 0 Å². The first kappa shape index (κ1) is 9.45. The minimum Gasteiger partial charge on any atom is -0.192 e. The van der Waals surface area contributed by atoms with Gasteiger partial charge in [0.05, 0.1) is 11.6 Å². The van der Waals surface area contributed by atoms with Gasteiger partial charge in [0, 0.05) is 13.7 Å². The highest BCUT2D eigenvalue weighted by atomic mass is 127. The fraction of sp³-hybridized carbons (Fsp3) is 0. The second-order valence-electron chi connectivity index (χ2n) is 2.68. The molecule has 0 atom stereocenters. The van der Waals surface area contributed by atoms with E-state index in [0.29, 0.717) is 5.56 Å². The van der Waals surface area contributed by atoms with Crippen LogP contribution in [0.3, 0.4) is 0 Å². The molecule has 1 heterocycles. The summed E-state index contributed by atoms with van der Waals surface area (Å²) in [5.41, 5.74) is 0.637. The molecule has 2 rings (SSSR count). The Kier molecular flexibility index (Phi) is 2.40. The third kappa shape index (κ3) is 1.37. The van der Waals surface area contributed by atoms with Gasteiger partial charge in [0.1, 0.15) is 10.9 Å². The number of halogens is 1. The summed E-state index contributed by atoms with van der Waals surface area (Å²) >= 11 is 3.61. The lowest BCUT2D eigenvalue weighted by atomic mass is 10.2. The van der Waals surface area contributed by atoms with E-state index in [-0.39, 0.29) is 0 Å². The Morgan fingerprint density at radius 1 is 1.21 bits per heavy atom. The largest absolute Gasteiger partial charge is 0.192 e. The van der Waals surface area contributed by atoms with Crippen LogP contribution in [0, 0.1) is 26.2 Å². The van der Waals surface area contributed by atoms with Gasteiger partial charge in [-0.05, 0) is 40.8 Å². The Morgan fingerprint density at radius 3 is 2.64 bits per heavy atom. The lowest BCUT2D eigenvalue weighted by molar-refractivity contribution is 1.50. The molecule has 4 heteroatoms. The van der Waals surface area contributed by atoms with Crippen LogP contribution in [0.2, 0.25) is 0 Å². The third-order valence-corrected chi connectivity index (χ3v) is 4.42. The summed E-state index contributed by atoms with van der Waals surface area (Å²) in [5.74, 6) is 0. The van der Waals surface area contributed by atoms with E-state index in [1.807, 2.05) is 12.1 Å². The van der Waals surface area contributed by atoms with E-state index in [4.69, 9.17) is 10.5 Å². The van der Waals surface area contributed by atoms with Crippen molar-refractivity contribution in [2.24, 2.45) is 0 Å². The van der Waals surface area contributed by atoms with E-state index in [0.717, 1.165) is 18.5 Å². The number of benzene rings is 1. The van der Waals surface area contributed by atoms with Crippen molar-refractivity contribution in [3.63, 3.8) is 0 Å². The Hall–Kier alpha value is -1.11. The van der Waals surface area contributed by atoms with Crippen molar-refractivity contribution in [2.75, 3.05) is 0 Å². The molecule has 0 bridgehead atoms. The average Bonchev–Trinajstić information content (AvgIpc) is 2.55. The molecule has 2 aromatic rings. The fourth-order valence-corrected chi connectivity index (χ4v) is 3.16. The number of hydrogen-bond donors (Lipinski definition) is 0. The first-order chi connectivity index (χ1) is 6.76. The highest BCUT2D eigenvalue weighted by Crippen LogP contribution is 2.32. The summed E-state index contributed by atoms with van der Waals surface area (Å²) in [6.45, 7) is 0. The van der Waals surface area contributed by atoms with Gasteiger partial charge < -0.3 is 0 Å². The standard InChI is InChI=1S/C10H3IN2S/c11-10-7-3-6(4-12)1-2-8(7)14-9(10)5-13/h1-3H. The maximum Gasteiger partial charge on any atom is 0.119 e. The Balaban J connectivity index is 2.84. The minimum absolute atomic E-state index is 0.637. The quantitative estimate of drug-likeness (QED) is 0.701. The predicted molar refractivity (Wildman–Crippen MR) is 64.0 cm³/mol. The van der Waals surface area contributed by atoms with E-state index >= 15 is 0 Å². The lowest BCUT2D eigenvalue weighted by Crippen LogP contribution is -1.74. The summed E-state index contributed by atoms with van der Waals surface area (Å²) in [4.78, 5) is 0.718. The van der Waals surface area contributed by atoms with Gasteiger partial charge >= 0.3 is 0 Å². The maximum absolute atomic E-state index is 8.84. The van der Waals surface area contributed by atoms with E-state index in [1.54, 1.807) is 6.07 Å². The SMILES string of the molecule is N#Cc1ccc2sc(C#N)c(I)c2c1. The van der Waals surface area contributed by atoms with Crippen LogP contribution in [0.1, 0.15) is 10.4 Å². The molecule has 0 aliphatic carbocycles. The average molecular weight is 310 g/mol. The van der Waals surface area contributed by atoms with Crippen molar-refractivity contribution in [3.8, 4) is 12.1 Å². The van der Waals surface area contributed by atoms with Gasteiger partial charge in [0.25, 0.3) is 0 Å². The van der Waals surface area contributed by atoms with Crippen molar-refractivity contribution < 1.29 is 0 Å². The molecule has 0 saturated carbocycles. The number of nitrogens with zero attached hydrogens (tertiary/aromatic N) is 2. The van der Waals surface area contributed by atoms with Crippen LogP contribution in [-0.4, -0.2) is 0 Å².